The molecule has 37 heavy (non-hydrogen) atoms. The van der Waals surface area contributed by atoms with E-state index in [1.54, 1.807) is 6.07 Å². The Hall–Kier alpha value is -2.84. The van der Waals surface area contributed by atoms with Gasteiger partial charge in [0.2, 0.25) is 0 Å². The standard InChI is InChI=1S/C32H35N3O.Pt/c1-22-19-23(2)35(34-22)27-16-12-14-25(21-27)29(36)24-13-11-15-26(20-24)32(30(3,4)5,31(6,7)8)28-17-9-10-18-33-28;/h9-19H,1-8H3;/q-2;+2. The fourth-order valence-electron chi connectivity index (χ4n) is 5.97. The zero-order valence-corrected chi connectivity index (χ0v) is 25.2. The molecule has 0 fully saturated rings. The van der Waals surface area contributed by atoms with Crippen molar-refractivity contribution >= 4 is 5.78 Å². The summed E-state index contributed by atoms with van der Waals surface area (Å²) in [7, 11) is 0. The molecule has 0 spiro atoms. The summed E-state index contributed by atoms with van der Waals surface area (Å²) in [6.45, 7) is 17.4. The van der Waals surface area contributed by atoms with E-state index in [4.69, 9.17) is 4.98 Å². The van der Waals surface area contributed by atoms with Gasteiger partial charge in [0.15, 0.2) is 0 Å². The molecule has 4 nitrogen and oxygen atoms in total. The van der Waals surface area contributed by atoms with E-state index in [9.17, 15) is 4.79 Å². The number of rotatable bonds is 5. The summed E-state index contributed by atoms with van der Waals surface area (Å²) in [5.74, 6) is -0.113. The number of ketones is 1. The second-order valence-corrected chi connectivity index (χ2v) is 11.6. The van der Waals surface area contributed by atoms with Gasteiger partial charge in [-0.3, -0.25) is 9.67 Å². The number of carbonyl (C=O) groups is 1. The summed E-state index contributed by atoms with van der Waals surface area (Å²) in [5.41, 5.74) is 4.70. The number of aromatic nitrogens is 3. The van der Waals surface area contributed by atoms with Crippen molar-refractivity contribution in [3.63, 3.8) is 0 Å². The van der Waals surface area contributed by atoms with Crippen molar-refractivity contribution < 1.29 is 25.9 Å². The van der Waals surface area contributed by atoms with Crippen molar-refractivity contribution in [1.82, 2.24) is 14.8 Å². The molecule has 0 aliphatic heterocycles. The van der Waals surface area contributed by atoms with Gasteiger partial charge in [0.25, 0.3) is 0 Å². The minimum atomic E-state index is -0.493. The molecular formula is C32H35N3OPt. The Labute approximate surface area is 235 Å². The Morgan fingerprint density at radius 2 is 1.43 bits per heavy atom. The van der Waals surface area contributed by atoms with Crippen LogP contribution in [0.2, 0.25) is 0 Å². The molecule has 5 heteroatoms. The zero-order valence-electron chi connectivity index (χ0n) is 22.9. The van der Waals surface area contributed by atoms with Gasteiger partial charge in [0.1, 0.15) is 0 Å². The predicted octanol–water partition coefficient (Wildman–Crippen LogP) is 7.09. The van der Waals surface area contributed by atoms with Gasteiger partial charge in [-0.2, -0.15) is 5.10 Å². The molecule has 0 saturated heterocycles. The molecule has 0 aliphatic carbocycles. The molecule has 0 aliphatic rings. The number of nitrogens with zero attached hydrogens (tertiary/aromatic N) is 3. The average Bonchev–Trinajstić information content (AvgIpc) is 3.16. The summed E-state index contributed by atoms with van der Waals surface area (Å²) in [4.78, 5) is 18.6. The molecule has 0 atom stereocenters. The van der Waals surface area contributed by atoms with Crippen LogP contribution in [-0.2, 0) is 26.5 Å². The third kappa shape index (κ3) is 5.14. The maximum Gasteiger partial charge on any atom is 2.00 e. The van der Waals surface area contributed by atoms with Gasteiger partial charge in [-0.25, -0.2) is 0 Å². The van der Waals surface area contributed by atoms with Crippen molar-refractivity contribution in [3.05, 3.63) is 113 Å². The molecule has 0 radical (unpaired) electrons. The largest absolute Gasteiger partial charge is 2.00 e. The van der Waals surface area contributed by atoms with Crippen LogP contribution in [0.1, 0.15) is 80.1 Å². The first-order valence-corrected chi connectivity index (χ1v) is 12.4. The summed E-state index contributed by atoms with van der Waals surface area (Å²) < 4.78 is 1.82. The zero-order chi connectivity index (χ0) is 26.3. The van der Waals surface area contributed by atoms with Gasteiger partial charge in [-0.15, -0.1) is 65.2 Å². The summed E-state index contributed by atoms with van der Waals surface area (Å²) in [6, 6.07) is 26.4. The van der Waals surface area contributed by atoms with Crippen molar-refractivity contribution in [3.8, 4) is 5.69 Å². The molecule has 0 bridgehead atoms. The first-order valence-electron chi connectivity index (χ1n) is 12.4. The van der Waals surface area contributed by atoms with Crippen LogP contribution in [0.15, 0.2) is 66.9 Å². The van der Waals surface area contributed by atoms with Crippen LogP contribution in [-0.4, -0.2) is 20.5 Å². The molecule has 0 amide bonds. The monoisotopic (exact) mass is 672 g/mol. The van der Waals surface area contributed by atoms with Gasteiger partial charge in [0, 0.05) is 17.3 Å². The molecule has 0 unspecified atom stereocenters. The predicted molar refractivity (Wildman–Crippen MR) is 145 cm³/mol. The van der Waals surface area contributed by atoms with E-state index in [0.29, 0.717) is 11.1 Å². The molecule has 4 rings (SSSR count). The van der Waals surface area contributed by atoms with E-state index < -0.39 is 5.41 Å². The maximum absolute atomic E-state index is 13.7. The quantitative estimate of drug-likeness (QED) is 0.168. The fraction of sp³-hybridized carbons (Fsp3) is 0.344. The van der Waals surface area contributed by atoms with Gasteiger partial charge < -0.3 is 4.79 Å². The molecule has 194 valence electrons. The van der Waals surface area contributed by atoms with E-state index in [2.05, 4.69) is 70.9 Å². The molecule has 0 N–H and O–H groups in total. The molecule has 2 heterocycles. The average molecular weight is 673 g/mol. The Morgan fingerprint density at radius 1 is 0.811 bits per heavy atom. The second kappa shape index (κ2) is 10.5. The molecule has 4 aromatic rings. The third-order valence-electron chi connectivity index (χ3n) is 7.00. The minimum Gasteiger partial charge on any atom is -0.348 e. The van der Waals surface area contributed by atoms with E-state index in [0.717, 1.165) is 28.3 Å². The van der Waals surface area contributed by atoms with Crippen molar-refractivity contribution in [2.24, 2.45) is 10.8 Å². The van der Waals surface area contributed by atoms with E-state index in [-0.39, 0.29) is 37.7 Å². The number of hydrogen-bond acceptors (Lipinski definition) is 3. The van der Waals surface area contributed by atoms with Crippen LogP contribution in [0.3, 0.4) is 0 Å². The number of benzene rings is 2. The van der Waals surface area contributed by atoms with Crippen LogP contribution in [0.25, 0.3) is 5.69 Å². The summed E-state index contributed by atoms with van der Waals surface area (Å²) in [5, 5.41) is 4.55. The summed E-state index contributed by atoms with van der Waals surface area (Å²) >= 11 is 0. The Kier molecular flexibility index (Phi) is 8.15. The molecular weight excluding hydrogens is 637 g/mol. The number of hydrogen-bond donors (Lipinski definition) is 0. The van der Waals surface area contributed by atoms with Crippen LogP contribution < -0.4 is 0 Å². The van der Waals surface area contributed by atoms with Crippen molar-refractivity contribution in [2.75, 3.05) is 0 Å². The minimum absolute atomic E-state index is 0. The normalized spacial score (nSPS) is 12.2. The van der Waals surface area contributed by atoms with Crippen LogP contribution in [0, 0.1) is 36.8 Å². The van der Waals surface area contributed by atoms with Gasteiger partial charge in [0.05, 0.1) is 17.2 Å². The van der Waals surface area contributed by atoms with Gasteiger partial charge >= 0.3 is 21.1 Å². The first-order chi connectivity index (χ1) is 16.9. The molecule has 2 aromatic carbocycles. The Morgan fingerprint density at radius 3 is 1.97 bits per heavy atom. The van der Waals surface area contributed by atoms with Gasteiger partial charge in [-0.05, 0) is 48.6 Å². The van der Waals surface area contributed by atoms with Crippen LogP contribution in [0.4, 0.5) is 0 Å². The van der Waals surface area contributed by atoms with Crippen molar-refractivity contribution in [2.45, 2.75) is 60.8 Å². The van der Waals surface area contributed by atoms with E-state index in [1.807, 2.05) is 67.2 Å². The van der Waals surface area contributed by atoms with Crippen LogP contribution >= 0.6 is 0 Å². The van der Waals surface area contributed by atoms with Crippen molar-refractivity contribution in [1.29, 1.82) is 0 Å². The molecule has 0 saturated carbocycles. The van der Waals surface area contributed by atoms with E-state index >= 15 is 0 Å². The van der Waals surface area contributed by atoms with E-state index in [1.165, 1.54) is 0 Å². The topological polar surface area (TPSA) is 47.8 Å². The third-order valence-corrected chi connectivity index (χ3v) is 7.00. The first kappa shape index (κ1) is 28.7. The Balaban J connectivity index is 0.00000380. The Bertz CT molecular complexity index is 1380. The number of carbonyl (C=O) groups excluding carboxylic acids is 1. The fourth-order valence-corrected chi connectivity index (χ4v) is 5.97. The maximum atomic E-state index is 13.7. The SMILES string of the molecule is Cc1cc(C)n(-c2[c-]c(C(=O)c3[c-]c(C(c4ccccn4)(C(C)(C)C)C(C)(C)C)ccc3)ccc2)n1.[Pt+2]. The smallest absolute Gasteiger partial charge is 0.348 e. The van der Waals surface area contributed by atoms with Gasteiger partial charge in [-0.1, -0.05) is 47.6 Å². The second-order valence-electron chi connectivity index (χ2n) is 11.6. The van der Waals surface area contributed by atoms with Crippen LogP contribution in [0.5, 0.6) is 0 Å². The number of pyridine rings is 1. The molecule has 2 aromatic heterocycles. The summed E-state index contributed by atoms with van der Waals surface area (Å²) in [6.07, 6.45) is 1.84. The number of aryl methyl sites for hydroxylation is 2.